The first-order valence-corrected chi connectivity index (χ1v) is 19.7. The quantitative estimate of drug-likeness (QED) is 0.181. The SMILES string of the molecule is c1ccc2cc3c(cc2c1)c1ccccc1n3-c1ccc2ccccc2c1-c1nc(-c2ccc3sc4ccccc4c3c2)nc(-c2cccc3ccccc23)n1. The van der Waals surface area contributed by atoms with E-state index < -0.39 is 0 Å². The van der Waals surface area contributed by atoms with Crippen LogP contribution in [0.25, 0.3) is 114 Å². The highest BCUT2D eigenvalue weighted by molar-refractivity contribution is 7.25. The summed E-state index contributed by atoms with van der Waals surface area (Å²) in [5.41, 5.74) is 6.18. The van der Waals surface area contributed by atoms with E-state index >= 15 is 0 Å². The molecule has 4 nitrogen and oxygen atoms in total. The van der Waals surface area contributed by atoms with Crippen molar-refractivity contribution in [2.75, 3.05) is 0 Å². The fourth-order valence-corrected chi connectivity index (χ4v) is 9.71. The Morgan fingerprint density at radius 1 is 0.357 bits per heavy atom. The molecule has 0 saturated carbocycles. The maximum atomic E-state index is 5.45. The van der Waals surface area contributed by atoms with Gasteiger partial charge >= 0.3 is 0 Å². The summed E-state index contributed by atoms with van der Waals surface area (Å²) in [4.78, 5) is 16.2. The second kappa shape index (κ2) is 12.2. The first-order valence-electron chi connectivity index (χ1n) is 18.9. The minimum atomic E-state index is 0.631. The molecular weight excluding hydrogens is 701 g/mol. The van der Waals surface area contributed by atoms with E-state index in [0.29, 0.717) is 17.5 Å². The van der Waals surface area contributed by atoms with Crippen LogP contribution >= 0.6 is 11.3 Å². The average Bonchev–Trinajstić information content (AvgIpc) is 3.79. The van der Waals surface area contributed by atoms with Crippen molar-refractivity contribution >= 4 is 85.6 Å². The monoisotopic (exact) mass is 730 g/mol. The van der Waals surface area contributed by atoms with E-state index in [1.807, 2.05) is 11.3 Å². The van der Waals surface area contributed by atoms with E-state index in [4.69, 9.17) is 15.0 Å². The van der Waals surface area contributed by atoms with E-state index in [0.717, 1.165) is 55.0 Å². The Morgan fingerprint density at radius 3 is 1.84 bits per heavy atom. The Labute approximate surface area is 325 Å². The standard InChI is InChI=1S/C51H30N4S/c1-2-15-34-30-45-41(28-33(34)14-1)38-19-7-9-22-43(38)55(45)44-26-24-32-13-4-6-18-37(32)48(44)51-53-49(35-25-27-47-42(29-35)39-20-8-10-23-46(39)56-47)52-50(54-51)40-21-11-16-31-12-3-5-17-36(31)40/h1-30H. The smallest absolute Gasteiger partial charge is 0.166 e. The number of hydrogen-bond acceptors (Lipinski definition) is 4. The van der Waals surface area contributed by atoms with Crippen molar-refractivity contribution in [1.82, 2.24) is 19.5 Å². The van der Waals surface area contributed by atoms with Crippen LogP contribution in [0.4, 0.5) is 0 Å². The number of thiophene rings is 1. The highest BCUT2D eigenvalue weighted by Gasteiger charge is 2.22. The van der Waals surface area contributed by atoms with Gasteiger partial charge in [-0.3, -0.25) is 0 Å². The molecular formula is C51H30N4S. The molecule has 56 heavy (non-hydrogen) atoms. The summed E-state index contributed by atoms with van der Waals surface area (Å²) >= 11 is 1.82. The van der Waals surface area contributed by atoms with E-state index in [1.54, 1.807) is 0 Å². The first kappa shape index (κ1) is 31.2. The molecule has 0 aliphatic carbocycles. The fourth-order valence-electron chi connectivity index (χ4n) is 8.62. The van der Waals surface area contributed by atoms with E-state index in [2.05, 4.69) is 187 Å². The van der Waals surface area contributed by atoms with E-state index in [9.17, 15) is 0 Å². The van der Waals surface area contributed by atoms with Crippen molar-refractivity contribution in [3.8, 4) is 39.9 Å². The summed E-state index contributed by atoms with van der Waals surface area (Å²) in [6.45, 7) is 0. The Kier molecular flexibility index (Phi) is 6.76. The average molecular weight is 731 g/mol. The first-order chi connectivity index (χ1) is 27.7. The number of para-hydroxylation sites is 1. The number of benzene rings is 9. The third kappa shape index (κ3) is 4.75. The molecule has 0 fully saturated rings. The molecule has 3 heterocycles. The van der Waals surface area contributed by atoms with Crippen molar-refractivity contribution in [3.63, 3.8) is 0 Å². The van der Waals surface area contributed by atoms with Crippen LogP contribution in [0.3, 0.4) is 0 Å². The van der Waals surface area contributed by atoms with Gasteiger partial charge < -0.3 is 4.57 Å². The van der Waals surface area contributed by atoms with Crippen LogP contribution in [0.15, 0.2) is 182 Å². The highest BCUT2D eigenvalue weighted by atomic mass is 32.1. The number of fused-ring (bicyclic) bond motifs is 9. The van der Waals surface area contributed by atoms with Gasteiger partial charge in [0.2, 0.25) is 0 Å². The molecule has 0 aliphatic heterocycles. The molecule has 0 atom stereocenters. The number of aromatic nitrogens is 4. The minimum absolute atomic E-state index is 0.631. The summed E-state index contributed by atoms with van der Waals surface area (Å²) in [5.74, 6) is 1.91. The van der Waals surface area contributed by atoms with Gasteiger partial charge in [0.05, 0.1) is 22.3 Å². The molecule has 0 unspecified atom stereocenters. The second-order valence-electron chi connectivity index (χ2n) is 14.4. The van der Waals surface area contributed by atoms with E-state index in [-0.39, 0.29) is 0 Å². The minimum Gasteiger partial charge on any atom is -0.308 e. The van der Waals surface area contributed by atoms with Gasteiger partial charge in [0.15, 0.2) is 17.5 Å². The number of nitrogens with zero attached hydrogens (tertiary/aromatic N) is 4. The maximum absolute atomic E-state index is 5.45. The summed E-state index contributed by atoms with van der Waals surface area (Å²) < 4.78 is 4.92. The molecule has 0 spiro atoms. The third-order valence-electron chi connectivity index (χ3n) is 11.2. The van der Waals surface area contributed by atoms with Crippen LogP contribution in [0.5, 0.6) is 0 Å². The van der Waals surface area contributed by atoms with Gasteiger partial charge in [0.1, 0.15) is 0 Å². The fraction of sp³-hybridized carbons (Fsp3) is 0. The molecule has 0 bridgehead atoms. The molecule has 0 aliphatic rings. The third-order valence-corrected chi connectivity index (χ3v) is 12.4. The summed E-state index contributed by atoms with van der Waals surface area (Å²) in [6.07, 6.45) is 0. The molecule has 9 aromatic carbocycles. The predicted molar refractivity (Wildman–Crippen MR) is 236 cm³/mol. The predicted octanol–water partition coefficient (Wildman–Crippen LogP) is 13.8. The van der Waals surface area contributed by atoms with Crippen molar-refractivity contribution in [2.24, 2.45) is 0 Å². The van der Waals surface area contributed by atoms with Gasteiger partial charge in [0, 0.05) is 42.1 Å². The Morgan fingerprint density at radius 2 is 0.982 bits per heavy atom. The summed E-state index contributed by atoms with van der Waals surface area (Å²) in [5, 5.41) is 11.7. The molecule has 0 saturated heterocycles. The Hall–Kier alpha value is -7.21. The van der Waals surface area contributed by atoms with Crippen LogP contribution in [0.1, 0.15) is 0 Å². The lowest BCUT2D eigenvalue weighted by Gasteiger charge is -2.17. The van der Waals surface area contributed by atoms with Gasteiger partial charge in [-0.15, -0.1) is 11.3 Å². The maximum Gasteiger partial charge on any atom is 0.166 e. The largest absolute Gasteiger partial charge is 0.308 e. The van der Waals surface area contributed by atoms with Crippen LogP contribution in [-0.2, 0) is 0 Å². The van der Waals surface area contributed by atoms with Gasteiger partial charge in [-0.05, 0) is 80.8 Å². The molecule has 0 amide bonds. The molecule has 3 aromatic heterocycles. The molecule has 12 aromatic rings. The van der Waals surface area contributed by atoms with Crippen molar-refractivity contribution in [1.29, 1.82) is 0 Å². The molecule has 5 heteroatoms. The summed E-state index contributed by atoms with van der Waals surface area (Å²) in [7, 11) is 0. The zero-order valence-corrected chi connectivity index (χ0v) is 30.8. The normalized spacial score (nSPS) is 11.9. The van der Waals surface area contributed by atoms with E-state index in [1.165, 1.54) is 41.7 Å². The van der Waals surface area contributed by atoms with Crippen molar-refractivity contribution < 1.29 is 0 Å². The molecule has 260 valence electrons. The molecule has 12 rings (SSSR count). The molecule has 0 N–H and O–H groups in total. The lowest BCUT2D eigenvalue weighted by molar-refractivity contribution is 1.07. The lowest BCUT2D eigenvalue weighted by atomic mass is 10.0. The van der Waals surface area contributed by atoms with Gasteiger partial charge in [-0.25, -0.2) is 15.0 Å². The zero-order valence-electron chi connectivity index (χ0n) is 30.0. The van der Waals surface area contributed by atoms with Crippen molar-refractivity contribution in [3.05, 3.63) is 182 Å². The number of hydrogen-bond donors (Lipinski definition) is 0. The van der Waals surface area contributed by atoms with Crippen LogP contribution in [-0.4, -0.2) is 19.5 Å². The Balaban J connectivity index is 1.20. The summed E-state index contributed by atoms with van der Waals surface area (Å²) in [6, 6.07) is 65.1. The number of rotatable bonds is 4. The van der Waals surface area contributed by atoms with Crippen LogP contribution < -0.4 is 0 Å². The van der Waals surface area contributed by atoms with Gasteiger partial charge in [0.25, 0.3) is 0 Å². The lowest BCUT2D eigenvalue weighted by Crippen LogP contribution is -2.04. The van der Waals surface area contributed by atoms with Crippen molar-refractivity contribution in [2.45, 2.75) is 0 Å². The highest BCUT2D eigenvalue weighted by Crippen LogP contribution is 2.42. The van der Waals surface area contributed by atoms with Gasteiger partial charge in [-0.1, -0.05) is 133 Å². The molecule has 0 radical (unpaired) electrons. The van der Waals surface area contributed by atoms with Gasteiger partial charge in [-0.2, -0.15) is 0 Å². The second-order valence-corrected chi connectivity index (χ2v) is 15.5. The van der Waals surface area contributed by atoms with Crippen LogP contribution in [0, 0.1) is 0 Å². The topological polar surface area (TPSA) is 43.6 Å². The zero-order chi connectivity index (χ0) is 36.7. The van der Waals surface area contributed by atoms with Crippen LogP contribution in [0.2, 0.25) is 0 Å². The Bertz CT molecular complexity index is 3550.